The van der Waals surface area contributed by atoms with Crippen LogP contribution in [0.1, 0.15) is 35.1 Å². The third-order valence-electron chi connectivity index (χ3n) is 6.30. The minimum Gasteiger partial charge on any atom is -0.507 e. The fourth-order valence-electron chi connectivity index (χ4n) is 4.54. The highest BCUT2D eigenvalue weighted by molar-refractivity contribution is 6.51. The first-order valence-corrected chi connectivity index (χ1v) is 11.3. The van der Waals surface area contributed by atoms with Gasteiger partial charge in [0.2, 0.25) is 0 Å². The van der Waals surface area contributed by atoms with Crippen molar-refractivity contribution >= 4 is 28.8 Å². The van der Waals surface area contributed by atoms with Crippen LogP contribution in [0.5, 0.6) is 5.75 Å². The summed E-state index contributed by atoms with van der Waals surface area (Å²) in [4.78, 5) is 29.9. The van der Waals surface area contributed by atoms with E-state index < -0.39 is 17.7 Å². The van der Waals surface area contributed by atoms with E-state index in [1.807, 2.05) is 37.2 Å². The van der Waals surface area contributed by atoms with Gasteiger partial charge in [-0.05, 0) is 79.9 Å². The number of ether oxygens (including phenoxy) is 1. The maximum absolute atomic E-state index is 13.3. The van der Waals surface area contributed by atoms with Gasteiger partial charge in [-0.2, -0.15) is 0 Å². The molecule has 1 amide bonds. The van der Waals surface area contributed by atoms with Gasteiger partial charge in [0.25, 0.3) is 11.7 Å². The zero-order chi connectivity index (χ0) is 24.0. The summed E-state index contributed by atoms with van der Waals surface area (Å²) in [5.41, 5.74) is 2.95. The molecule has 0 bridgehead atoms. The number of rotatable bonds is 4. The molecule has 0 aliphatic carbocycles. The number of hydrogen-bond donors (Lipinski definition) is 1. The van der Waals surface area contributed by atoms with Gasteiger partial charge in [0.05, 0.1) is 12.2 Å². The number of aliphatic hydroxyl groups excluding tert-OH is 1. The number of fused-ring (bicyclic) bond motifs is 1. The average molecular weight is 459 g/mol. The zero-order valence-corrected chi connectivity index (χ0v) is 19.4. The topological polar surface area (TPSA) is 83.2 Å². The van der Waals surface area contributed by atoms with E-state index >= 15 is 0 Å². The van der Waals surface area contributed by atoms with E-state index in [0.29, 0.717) is 29.4 Å². The number of carbonyl (C=O) groups is 2. The molecule has 0 spiro atoms. The van der Waals surface area contributed by atoms with E-state index in [-0.39, 0.29) is 11.3 Å². The minimum absolute atomic E-state index is 0.00714. The van der Waals surface area contributed by atoms with E-state index in [2.05, 4.69) is 0 Å². The lowest BCUT2D eigenvalue weighted by molar-refractivity contribution is -0.132. The molecule has 2 aromatic carbocycles. The van der Waals surface area contributed by atoms with Crippen LogP contribution in [0, 0.1) is 6.92 Å². The minimum atomic E-state index is -0.883. The SMILES string of the molecule is Cc1ccc(C2/C(=C(/O)c3ccc4c(c3)CCCO4)C(=O)C(=O)N2c2ccc(N(C)C)cc2)o1. The van der Waals surface area contributed by atoms with Gasteiger partial charge in [0.1, 0.15) is 29.1 Å². The first-order valence-electron chi connectivity index (χ1n) is 11.3. The summed E-state index contributed by atoms with van der Waals surface area (Å²) < 4.78 is 11.5. The van der Waals surface area contributed by atoms with Crippen LogP contribution in [-0.2, 0) is 16.0 Å². The third kappa shape index (κ3) is 3.63. The number of ketones is 1. The summed E-state index contributed by atoms with van der Waals surface area (Å²) in [7, 11) is 3.85. The number of nitrogens with zero attached hydrogens (tertiary/aromatic N) is 2. The number of hydrogen-bond acceptors (Lipinski definition) is 6. The highest BCUT2D eigenvalue weighted by Crippen LogP contribution is 2.43. The molecule has 0 radical (unpaired) electrons. The molecule has 174 valence electrons. The Morgan fingerprint density at radius 2 is 1.82 bits per heavy atom. The number of furan rings is 1. The van der Waals surface area contributed by atoms with Crippen LogP contribution in [0.25, 0.3) is 5.76 Å². The molecule has 1 atom stereocenters. The van der Waals surface area contributed by atoms with Crippen LogP contribution < -0.4 is 14.5 Å². The van der Waals surface area contributed by atoms with E-state index in [4.69, 9.17) is 9.15 Å². The van der Waals surface area contributed by atoms with Gasteiger partial charge < -0.3 is 19.2 Å². The monoisotopic (exact) mass is 458 g/mol. The molecular formula is C27H26N2O5. The van der Waals surface area contributed by atoms with E-state index in [1.54, 1.807) is 43.3 Å². The molecule has 1 saturated heterocycles. The molecule has 2 aliphatic rings. The summed E-state index contributed by atoms with van der Waals surface area (Å²) in [6.07, 6.45) is 1.71. The maximum atomic E-state index is 13.3. The molecule has 1 N–H and O–H groups in total. The molecule has 1 unspecified atom stereocenters. The van der Waals surface area contributed by atoms with E-state index in [0.717, 1.165) is 29.8 Å². The standard InChI is InChI=1S/C27H26N2O5/c1-16-6-12-22(34-16)24-23(25(30)18-7-13-21-17(15-18)5-4-14-33-21)26(31)27(32)29(24)20-10-8-19(9-11-20)28(2)3/h6-13,15,24,30H,4-5,14H2,1-3H3/b25-23-. The summed E-state index contributed by atoms with van der Waals surface area (Å²) >= 11 is 0. The number of benzene rings is 2. The van der Waals surface area contributed by atoms with Gasteiger partial charge >= 0.3 is 0 Å². The largest absolute Gasteiger partial charge is 0.507 e. The third-order valence-corrected chi connectivity index (χ3v) is 6.30. The Labute approximate surface area is 197 Å². The van der Waals surface area contributed by atoms with Gasteiger partial charge in [0, 0.05) is 31.0 Å². The van der Waals surface area contributed by atoms with Crippen LogP contribution in [0.2, 0.25) is 0 Å². The predicted molar refractivity (Wildman–Crippen MR) is 129 cm³/mol. The number of aryl methyl sites for hydroxylation is 2. The zero-order valence-electron chi connectivity index (χ0n) is 19.4. The molecule has 34 heavy (non-hydrogen) atoms. The highest BCUT2D eigenvalue weighted by atomic mass is 16.5. The van der Waals surface area contributed by atoms with Crippen molar-refractivity contribution in [2.75, 3.05) is 30.5 Å². The second-order valence-corrected chi connectivity index (χ2v) is 8.80. The van der Waals surface area contributed by atoms with Crippen molar-refractivity contribution < 1.29 is 23.8 Å². The second kappa shape index (κ2) is 8.41. The summed E-state index contributed by atoms with van der Waals surface area (Å²) in [6, 6.07) is 15.3. The molecule has 3 heterocycles. The number of carbonyl (C=O) groups excluding carboxylic acids is 2. The predicted octanol–water partition coefficient (Wildman–Crippen LogP) is 4.61. The van der Waals surface area contributed by atoms with Gasteiger partial charge in [0.15, 0.2) is 0 Å². The van der Waals surface area contributed by atoms with Gasteiger partial charge in [-0.3, -0.25) is 14.5 Å². The van der Waals surface area contributed by atoms with Crippen LogP contribution in [-0.4, -0.2) is 37.5 Å². The molecule has 2 aliphatic heterocycles. The lowest BCUT2D eigenvalue weighted by Gasteiger charge is -2.24. The number of Topliss-reactive ketones (excluding diaryl/α,β-unsaturated/α-hetero) is 1. The molecule has 7 heteroatoms. The van der Waals surface area contributed by atoms with Gasteiger partial charge in [-0.25, -0.2) is 0 Å². The number of aliphatic hydroxyl groups is 1. The number of anilines is 2. The van der Waals surface area contributed by atoms with Crippen LogP contribution in [0.3, 0.4) is 0 Å². The lowest BCUT2D eigenvalue weighted by Crippen LogP contribution is -2.29. The molecule has 1 aromatic heterocycles. The van der Waals surface area contributed by atoms with Crippen molar-refractivity contribution in [3.05, 3.63) is 82.8 Å². The van der Waals surface area contributed by atoms with Gasteiger partial charge in [-0.1, -0.05) is 0 Å². The first kappa shape index (κ1) is 21.8. The summed E-state index contributed by atoms with van der Waals surface area (Å²) in [5, 5.41) is 11.3. The summed E-state index contributed by atoms with van der Waals surface area (Å²) in [6.45, 7) is 2.46. The Morgan fingerprint density at radius 1 is 1.06 bits per heavy atom. The van der Waals surface area contributed by atoms with E-state index in [1.165, 1.54) is 4.90 Å². The fraction of sp³-hybridized carbons (Fsp3) is 0.259. The normalized spacial score (nSPS) is 19.1. The van der Waals surface area contributed by atoms with Crippen molar-refractivity contribution in [1.82, 2.24) is 0 Å². The van der Waals surface area contributed by atoms with Crippen molar-refractivity contribution in [2.24, 2.45) is 0 Å². The molecule has 7 nitrogen and oxygen atoms in total. The smallest absolute Gasteiger partial charge is 0.300 e. The average Bonchev–Trinajstić information content (AvgIpc) is 3.39. The Hall–Kier alpha value is -4.00. The van der Waals surface area contributed by atoms with Crippen molar-refractivity contribution in [2.45, 2.75) is 25.8 Å². The Balaban J connectivity index is 1.65. The van der Waals surface area contributed by atoms with Gasteiger partial charge in [-0.15, -0.1) is 0 Å². The summed E-state index contributed by atoms with van der Waals surface area (Å²) in [5.74, 6) is 0.160. The van der Waals surface area contributed by atoms with Crippen molar-refractivity contribution in [1.29, 1.82) is 0 Å². The quantitative estimate of drug-likeness (QED) is 0.349. The molecule has 1 fully saturated rings. The first-order chi connectivity index (χ1) is 16.3. The van der Waals surface area contributed by atoms with Crippen molar-refractivity contribution in [3.8, 4) is 5.75 Å². The van der Waals surface area contributed by atoms with Crippen LogP contribution in [0.15, 0.2) is 64.6 Å². The lowest BCUT2D eigenvalue weighted by atomic mass is 9.96. The number of amides is 1. The van der Waals surface area contributed by atoms with Crippen molar-refractivity contribution in [3.63, 3.8) is 0 Å². The Morgan fingerprint density at radius 3 is 2.50 bits per heavy atom. The highest BCUT2D eigenvalue weighted by Gasteiger charge is 2.48. The molecular weight excluding hydrogens is 432 g/mol. The molecule has 3 aromatic rings. The van der Waals surface area contributed by atoms with E-state index in [9.17, 15) is 14.7 Å². The van der Waals surface area contributed by atoms with Crippen LogP contribution >= 0.6 is 0 Å². The molecule has 0 saturated carbocycles. The maximum Gasteiger partial charge on any atom is 0.300 e. The van der Waals surface area contributed by atoms with Crippen LogP contribution in [0.4, 0.5) is 11.4 Å². The Kier molecular flexibility index (Phi) is 5.40. The molecule has 5 rings (SSSR count). The Bertz CT molecular complexity index is 1300. The fourth-order valence-corrected chi connectivity index (χ4v) is 4.54. The second-order valence-electron chi connectivity index (χ2n) is 8.80.